The van der Waals surface area contributed by atoms with E-state index in [9.17, 15) is 9.59 Å². The number of aromatic nitrogens is 2. The first-order chi connectivity index (χ1) is 15.7. The van der Waals surface area contributed by atoms with Crippen molar-refractivity contribution in [3.8, 4) is 17.3 Å². The summed E-state index contributed by atoms with van der Waals surface area (Å²) in [5.74, 6) is -0.309. The lowest BCUT2D eigenvalue weighted by Crippen LogP contribution is -2.33. The molecule has 0 radical (unpaired) electrons. The predicted molar refractivity (Wildman–Crippen MR) is 125 cm³/mol. The van der Waals surface area contributed by atoms with Gasteiger partial charge in [0, 0.05) is 61.4 Å². The highest BCUT2D eigenvalue weighted by Crippen LogP contribution is 2.21. The van der Waals surface area contributed by atoms with Gasteiger partial charge in [0.2, 0.25) is 11.8 Å². The molecule has 0 unspecified atom stereocenters. The number of carbonyl (C=O) groups is 2. The van der Waals surface area contributed by atoms with Crippen LogP contribution in [0.3, 0.4) is 0 Å². The Labute approximate surface area is 191 Å². The quantitative estimate of drug-likeness (QED) is 0.448. The van der Waals surface area contributed by atoms with Crippen molar-refractivity contribution in [1.82, 2.24) is 15.3 Å². The summed E-state index contributed by atoms with van der Waals surface area (Å²) in [5, 5.41) is 14.8. The van der Waals surface area contributed by atoms with Crippen LogP contribution in [0.25, 0.3) is 11.3 Å². The van der Waals surface area contributed by atoms with Crippen LogP contribution in [0.1, 0.15) is 30.7 Å². The van der Waals surface area contributed by atoms with Crippen LogP contribution >= 0.6 is 11.3 Å². The zero-order valence-corrected chi connectivity index (χ0v) is 18.6. The van der Waals surface area contributed by atoms with Crippen molar-refractivity contribution in [3.63, 3.8) is 0 Å². The summed E-state index contributed by atoms with van der Waals surface area (Å²) in [7, 11) is 0. The van der Waals surface area contributed by atoms with Crippen molar-refractivity contribution < 1.29 is 9.59 Å². The Hall–Kier alpha value is -3.57. The second-order valence-corrected chi connectivity index (χ2v) is 8.05. The van der Waals surface area contributed by atoms with Gasteiger partial charge in [-0.2, -0.15) is 5.26 Å². The normalized spacial score (nSPS) is 10.3. The zero-order valence-electron chi connectivity index (χ0n) is 17.7. The Morgan fingerprint density at radius 1 is 1.09 bits per heavy atom. The number of benzene rings is 1. The molecule has 32 heavy (non-hydrogen) atoms. The fourth-order valence-electron chi connectivity index (χ4n) is 3.16. The number of nitrogens with one attached hydrogen (secondary N) is 1. The first-order valence-corrected chi connectivity index (χ1v) is 11.4. The summed E-state index contributed by atoms with van der Waals surface area (Å²) < 4.78 is 0. The molecule has 1 N–H and O–H groups in total. The van der Waals surface area contributed by atoms with Gasteiger partial charge >= 0.3 is 0 Å². The third kappa shape index (κ3) is 7.00. The Morgan fingerprint density at radius 2 is 1.88 bits per heavy atom. The van der Waals surface area contributed by atoms with Gasteiger partial charge in [-0.1, -0.05) is 18.2 Å². The summed E-state index contributed by atoms with van der Waals surface area (Å²) in [4.78, 5) is 35.0. The second kappa shape index (κ2) is 12.3. The predicted octanol–water partition coefficient (Wildman–Crippen LogP) is 3.98. The molecule has 0 fully saturated rings. The Balaban J connectivity index is 1.39. The van der Waals surface area contributed by atoms with Gasteiger partial charge in [0.05, 0.1) is 23.2 Å². The molecule has 0 saturated carbocycles. The minimum absolute atomic E-state index is 0.105. The molecule has 0 atom stereocenters. The molecule has 1 aromatic carbocycles. The number of hydrogen-bond acceptors (Lipinski definition) is 6. The molecule has 7 nitrogen and oxygen atoms in total. The number of thiazole rings is 1. The van der Waals surface area contributed by atoms with Crippen LogP contribution < -0.4 is 10.2 Å². The van der Waals surface area contributed by atoms with E-state index in [1.165, 1.54) is 0 Å². The van der Waals surface area contributed by atoms with E-state index in [1.807, 2.05) is 47.8 Å². The lowest BCUT2D eigenvalue weighted by molar-refractivity contribution is -0.125. The number of nitriles is 1. The fraction of sp³-hybridized carbons (Fsp3) is 0.292. The minimum Gasteiger partial charge on any atom is -0.356 e. The van der Waals surface area contributed by atoms with E-state index in [0.29, 0.717) is 13.1 Å². The van der Waals surface area contributed by atoms with Gasteiger partial charge in [0.15, 0.2) is 0 Å². The minimum atomic E-state index is -0.159. The number of para-hydroxylation sites is 1. The number of hydrogen-bond donors (Lipinski definition) is 1. The number of rotatable bonds is 11. The SMILES string of the molecule is N#CCCN(C(=O)CCC(=O)NCCCc1nc(-c2ccncc2)cs1)c1ccccc1. The number of nitrogens with zero attached hydrogens (tertiary/aromatic N) is 4. The molecule has 0 aliphatic heterocycles. The van der Waals surface area contributed by atoms with E-state index in [1.54, 1.807) is 28.6 Å². The van der Waals surface area contributed by atoms with Crippen molar-refractivity contribution in [2.24, 2.45) is 0 Å². The molecule has 3 rings (SSSR count). The average molecular weight is 448 g/mol. The number of amides is 2. The maximum atomic E-state index is 12.6. The lowest BCUT2D eigenvalue weighted by atomic mass is 10.2. The van der Waals surface area contributed by atoms with Crippen LogP contribution in [0.15, 0.2) is 60.2 Å². The van der Waals surface area contributed by atoms with Gasteiger partial charge in [0.1, 0.15) is 0 Å². The zero-order chi connectivity index (χ0) is 22.6. The number of aryl methyl sites for hydroxylation is 1. The number of anilines is 1. The number of pyridine rings is 1. The highest BCUT2D eigenvalue weighted by Gasteiger charge is 2.16. The Kier molecular flexibility index (Phi) is 8.90. The van der Waals surface area contributed by atoms with Crippen molar-refractivity contribution in [3.05, 3.63) is 65.2 Å². The van der Waals surface area contributed by atoms with Crippen molar-refractivity contribution in [2.75, 3.05) is 18.0 Å². The smallest absolute Gasteiger partial charge is 0.227 e. The molecule has 2 amide bonds. The van der Waals surface area contributed by atoms with Crippen molar-refractivity contribution >= 4 is 28.8 Å². The molecule has 0 aliphatic rings. The standard InChI is InChI=1S/C24H25N5O2S/c25-13-5-17-29(20-6-2-1-3-7-20)24(31)10-9-22(30)27-14-4-8-23-28-21(18-32-23)19-11-15-26-16-12-19/h1-3,6-7,11-12,15-16,18H,4-5,8-10,14,17H2,(H,27,30). The van der Waals surface area contributed by atoms with Crippen LogP contribution in [0.2, 0.25) is 0 Å². The molecule has 0 saturated heterocycles. The topological polar surface area (TPSA) is 99.0 Å². The molecule has 2 aromatic heterocycles. The molecular formula is C24H25N5O2S. The summed E-state index contributed by atoms with van der Waals surface area (Å²) in [6.07, 6.45) is 5.53. The largest absolute Gasteiger partial charge is 0.356 e. The molecule has 8 heteroatoms. The molecule has 0 bridgehead atoms. The highest BCUT2D eigenvalue weighted by atomic mass is 32.1. The second-order valence-electron chi connectivity index (χ2n) is 7.10. The number of carbonyl (C=O) groups excluding carboxylic acids is 2. The molecular weight excluding hydrogens is 422 g/mol. The van der Waals surface area contributed by atoms with Crippen molar-refractivity contribution in [1.29, 1.82) is 5.26 Å². The first kappa shape index (κ1) is 23.1. The van der Waals surface area contributed by atoms with E-state index in [0.717, 1.165) is 34.8 Å². The van der Waals surface area contributed by atoms with Crippen LogP contribution in [-0.2, 0) is 16.0 Å². The van der Waals surface area contributed by atoms with Gasteiger partial charge in [0.25, 0.3) is 0 Å². The van der Waals surface area contributed by atoms with E-state index < -0.39 is 0 Å². The van der Waals surface area contributed by atoms with E-state index >= 15 is 0 Å². The molecule has 3 aromatic rings. The maximum Gasteiger partial charge on any atom is 0.227 e. The van der Waals surface area contributed by atoms with Gasteiger partial charge in [-0.05, 0) is 30.7 Å². The van der Waals surface area contributed by atoms with Gasteiger partial charge in [-0.3, -0.25) is 14.6 Å². The van der Waals surface area contributed by atoms with Gasteiger partial charge in [-0.15, -0.1) is 11.3 Å². The highest BCUT2D eigenvalue weighted by molar-refractivity contribution is 7.09. The first-order valence-electron chi connectivity index (χ1n) is 10.5. The maximum absolute atomic E-state index is 12.6. The molecule has 0 aliphatic carbocycles. The van der Waals surface area contributed by atoms with Gasteiger partial charge < -0.3 is 10.2 Å². The van der Waals surface area contributed by atoms with Crippen LogP contribution in [0, 0.1) is 11.3 Å². The fourth-order valence-corrected chi connectivity index (χ4v) is 4.01. The van der Waals surface area contributed by atoms with E-state index in [2.05, 4.69) is 21.4 Å². The summed E-state index contributed by atoms with van der Waals surface area (Å²) >= 11 is 1.61. The third-order valence-electron chi connectivity index (χ3n) is 4.80. The van der Waals surface area contributed by atoms with E-state index in [-0.39, 0.29) is 31.1 Å². The monoisotopic (exact) mass is 447 g/mol. The van der Waals surface area contributed by atoms with Crippen LogP contribution in [0.4, 0.5) is 5.69 Å². The Bertz CT molecular complexity index is 1050. The summed E-state index contributed by atoms with van der Waals surface area (Å²) in [6.45, 7) is 0.851. The Morgan fingerprint density at radius 3 is 2.62 bits per heavy atom. The summed E-state index contributed by atoms with van der Waals surface area (Å²) in [5.41, 5.74) is 2.72. The van der Waals surface area contributed by atoms with Crippen LogP contribution in [0.5, 0.6) is 0 Å². The van der Waals surface area contributed by atoms with Gasteiger partial charge in [-0.25, -0.2) is 4.98 Å². The van der Waals surface area contributed by atoms with E-state index in [4.69, 9.17) is 5.26 Å². The molecule has 2 heterocycles. The van der Waals surface area contributed by atoms with Crippen molar-refractivity contribution in [2.45, 2.75) is 32.1 Å². The molecule has 0 spiro atoms. The average Bonchev–Trinajstić information content (AvgIpc) is 3.31. The summed E-state index contributed by atoms with van der Waals surface area (Å²) in [6, 6.07) is 15.1. The lowest BCUT2D eigenvalue weighted by Gasteiger charge is -2.21. The van der Waals surface area contributed by atoms with Crippen LogP contribution in [-0.4, -0.2) is 34.9 Å². The third-order valence-corrected chi connectivity index (χ3v) is 5.71. The molecule has 164 valence electrons.